The number of hydrogen-bond acceptors (Lipinski definition) is 4. The molecule has 4 heteroatoms. The van der Waals surface area contributed by atoms with Gasteiger partial charge in [-0.3, -0.25) is 0 Å². The maximum Gasteiger partial charge on any atom is 0.121 e. The molecular weight excluding hydrogens is 496 g/mol. The molecule has 4 aromatic rings. The van der Waals surface area contributed by atoms with Gasteiger partial charge in [0.1, 0.15) is 23.0 Å². The Hall–Kier alpha value is -3.92. The summed E-state index contributed by atoms with van der Waals surface area (Å²) in [5.41, 5.74) is 10.4. The largest absolute Gasteiger partial charge is 0.507 e. The quantitative estimate of drug-likeness (QED) is 0.198. The summed E-state index contributed by atoms with van der Waals surface area (Å²) in [4.78, 5) is 0. The van der Waals surface area contributed by atoms with Crippen LogP contribution in [0.25, 0.3) is 0 Å². The average Bonchev–Trinajstić information content (AvgIpc) is 2.89. The molecule has 0 saturated carbocycles. The Bertz CT molecular complexity index is 1400. The van der Waals surface area contributed by atoms with Crippen molar-refractivity contribution in [1.82, 2.24) is 0 Å². The first-order valence-corrected chi connectivity index (χ1v) is 13.9. The first kappa shape index (κ1) is 29.1. The van der Waals surface area contributed by atoms with Crippen molar-refractivity contribution < 1.29 is 20.4 Å². The van der Waals surface area contributed by atoms with Crippen LogP contribution < -0.4 is 0 Å². The number of benzene rings is 4. The fourth-order valence-corrected chi connectivity index (χ4v) is 6.17. The Kier molecular flexibility index (Phi) is 7.68. The number of phenols is 4. The van der Waals surface area contributed by atoms with Crippen LogP contribution in [0.15, 0.2) is 48.5 Å². The molecule has 0 heterocycles. The van der Waals surface area contributed by atoms with E-state index in [-0.39, 0.29) is 5.92 Å². The van der Waals surface area contributed by atoms with E-state index in [0.29, 0.717) is 29.4 Å². The van der Waals surface area contributed by atoms with Gasteiger partial charge in [0.25, 0.3) is 0 Å². The van der Waals surface area contributed by atoms with Gasteiger partial charge in [0.2, 0.25) is 0 Å². The van der Waals surface area contributed by atoms with Crippen molar-refractivity contribution in [3.8, 4) is 23.0 Å². The van der Waals surface area contributed by atoms with Gasteiger partial charge in [0, 0.05) is 11.3 Å². The highest BCUT2D eigenvalue weighted by Gasteiger charge is 2.35. The number of phenolic OH excluding ortho intramolecular Hbond substituents is 4. The van der Waals surface area contributed by atoms with Crippen LogP contribution in [0.1, 0.15) is 86.0 Å². The highest BCUT2D eigenvalue weighted by molar-refractivity contribution is 5.54. The van der Waals surface area contributed by atoms with Crippen molar-refractivity contribution >= 4 is 0 Å². The standard InChI is InChI=1S/C36H42O4/c1-19-10-27(11-20(2)32(19)37)31(28-12-21(3)33(38)22(4)13-28)18-36(9,29-14-23(5)34(39)24(6)15-29)30-16-25(7)35(40)26(8)17-30/h10-17,31,37-40H,18H2,1-9H3. The second-order valence-electron chi connectivity index (χ2n) is 12.0. The zero-order valence-corrected chi connectivity index (χ0v) is 25.2. The van der Waals surface area contributed by atoms with Gasteiger partial charge in [-0.1, -0.05) is 55.5 Å². The molecule has 4 N–H and O–H groups in total. The van der Waals surface area contributed by atoms with Crippen LogP contribution in [0.4, 0.5) is 0 Å². The Morgan fingerprint density at radius 3 is 0.925 bits per heavy atom. The number of aromatic hydroxyl groups is 4. The first-order chi connectivity index (χ1) is 18.6. The zero-order valence-electron chi connectivity index (χ0n) is 25.2. The third-order valence-corrected chi connectivity index (χ3v) is 8.70. The van der Waals surface area contributed by atoms with E-state index >= 15 is 0 Å². The SMILES string of the molecule is Cc1cc(C(CC(C)(c2cc(C)c(O)c(C)c2)c2cc(C)c(O)c(C)c2)c2cc(C)c(O)c(C)c2)cc(C)c1O. The molecule has 0 aromatic heterocycles. The van der Waals surface area contributed by atoms with Gasteiger partial charge in [0.15, 0.2) is 0 Å². The van der Waals surface area contributed by atoms with Gasteiger partial charge in [0.05, 0.1) is 0 Å². The number of hydrogen-bond donors (Lipinski definition) is 4. The molecular formula is C36H42O4. The summed E-state index contributed by atoms with van der Waals surface area (Å²) in [5.74, 6) is 1.13. The topological polar surface area (TPSA) is 80.9 Å². The molecule has 210 valence electrons. The molecule has 0 bridgehead atoms. The molecule has 0 saturated heterocycles. The van der Waals surface area contributed by atoms with Crippen LogP contribution in [0.5, 0.6) is 23.0 Å². The molecule has 0 spiro atoms. The van der Waals surface area contributed by atoms with Crippen molar-refractivity contribution in [2.24, 2.45) is 0 Å². The summed E-state index contributed by atoms with van der Waals surface area (Å²) in [6.45, 7) is 17.6. The molecule has 0 aliphatic rings. The first-order valence-electron chi connectivity index (χ1n) is 13.9. The van der Waals surface area contributed by atoms with Crippen LogP contribution >= 0.6 is 0 Å². The second kappa shape index (κ2) is 10.6. The lowest BCUT2D eigenvalue weighted by atomic mass is 9.66. The van der Waals surface area contributed by atoms with Crippen molar-refractivity contribution in [2.75, 3.05) is 0 Å². The Labute approximate surface area is 238 Å². The lowest BCUT2D eigenvalue weighted by molar-refractivity contribution is 0.454. The molecule has 0 aliphatic heterocycles. The molecule has 0 radical (unpaired) electrons. The summed E-state index contributed by atoms with van der Waals surface area (Å²) in [7, 11) is 0. The van der Waals surface area contributed by atoms with Crippen LogP contribution in [0.3, 0.4) is 0 Å². The highest BCUT2D eigenvalue weighted by atomic mass is 16.3. The van der Waals surface area contributed by atoms with E-state index in [1.54, 1.807) is 0 Å². The zero-order chi connectivity index (χ0) is 29.7. The summed E-state index contributed by atoms with van der Waals surface area (Å²) in [5, 5.41) is 42.4. The molecule has 4 nitrogen and oxygen atoms in total. The maximum absolute atomic E-state index is 10.6. The van der Waals surface area contributed by atoms with E-state index in [1.807, 2.05) is 55.4 Å². The molecule has 4 aromatic carbocycles. The van der Waals surface area contributed by atoms with Gasteiger partial charge in [-0.05, 0) is 129 Å². The molecule has 4 rings (SSSR count). The van der Waals surface area contributed by atoms with E-state index in [4.69, 9.17) is 0 Å². The van der Waals surface area contributed by atoms with Crippen molar-refractivity contribution in [2.45, 2.75) is 80.1 Å². The van der Waals surface area contributed by atoms with Gasteiger partial charge in [-0.2, -0.15) is 0 Å². The second-order valence-corrected chi connectivity index (χ2v) is 12.0. The summed E-state index contributed by atoms with van der Waals surface area (Å²) in [6.07, 6.45) is 0.674. The lowest BCUT2D eigenvalue weighted by Gasteiger charge is -2.37. The Morgan fingerprint density at radius 2 is 0.675 bits per heavy atom. The summed E-state index contributed by atoms with van der Waals surface area (Å²) in [6, 6.07) is 16.5. The van der Waals surface area contributed by atoms with Crippen molar-refractivity contribution in [3.63, 3.8) is 0 Å². The Morgan fingerprint density at radius 1 is 0.450 bits per heavy atom. The minimum atomic E-state index is -0.517. The third kappa shape index (κ3) is 5.15. The van der Waals surface area contributed by atoms with Gasteiger partial charge < -0.3 is 20.4 Å². The van der Waals surface area contributed by atoms with E-state index in [1.165, 1.54) is 0 Å². The summed E-state index contributed by atoms with van der Waals surface area (Å²) < 4.78 is 0. The summed E-state index contributed by atoms with van der Waals surface area (Å²) >= 11 is 0. The monoisotopic (exact) mass is 538 g/mol. The normalized spacial score (nSPS) is 11.8. The van der Waals surface area contributed by atoms with Gasteiger partial charge in [-0.15, -0.1) is 0 Å². The van der Waals surface area contributed by atoms with E-state index in [9.17, 15) is 20.4 Å². The molecule has 0 amide bonds. The predicted molar refractivity (Wildman–Crippen MR) is 163 cm³/mol. The van der Waals surface area contributed by atoms with Gasteiger partial charge in [-0.25, -0.2) is 0 Å². The molecule has 40 heavy (non-hydrogen) atoms. The highest BCUT2D eigenvalue weighted by Crippen LogP contribution is 2.47. The maximum atomic E-state index is 10.6. The van der Waals surface area contributed by atoms with Crippen LogP contribution in [-0.2, 0) is 5.41 Å². The van der Waals surface area contributed by atoms with Crippen molar-refractivity contribution in [3.05, 3.63) is 115 Å². The fourth-order valence-electron chi connectivity index (χ4n) is 6.17. The third-order valence-electron chi connectivity index (χ3n) is 8.70. The lowest BCUT2D eigenvalue weighted by Crippen LogP contribution is -2.28. The smallest absolute Gasteiger partial charge is 0.121 e. The van der Waals surface area contributed by atoms with E-state index in [2.05, 4.69) is 55.5 Å². The minimum absolute atomic E-state index is 0.0789. The fraction of sp³-hybridized carbons (Fsp3) is 0.333. The number of aryl methyl sites for hydroxylation is 8. The van der Waals surface area contributed by atoms with Gasteiger partial charge >= 0.3 is 0 Å². The molecule has 0 aliphatic carbocycles. The van der Waals surface area contributed by atoms with Crippen LogP contribution in [-0.4, -0.2) is 20.4 Å². The van der Waals surface area contributed by atoms with Crippen molar-refractivity contribution in [1.29, 1.82) is 0 Å². The average molecular weight is 539 g/mol. The minimum Gasteiger partial charge on any atom is -0.507 e. The molecule has 0 atom stereocenters. The molecule has 0 unspecified atom stereocenters. The Balaban J connectivity index is 2.05. The van der Waals surface area contributed by atoms with E-state index < -0.39 is 5.41 Å². The van der Waals surface area contributed by atoms with Crippen LogP contribution in [0, 0.1) is 55.4 Å². The predicted octanol–water partition coefficient (Wildman–Crippen LogP) is 8.50. The van der Waals surface area contributed by atoms with Crippen LogP contribution in [0.2, 0.25) is 0 Å². The number of rotatable bonds is 6. The molecule has 0 fully saturated rings. The van der Waals surface area contributed by atoms with E-state index in [0.717, 1.165) is 66.8 Å².